The number of hydrogen-bond donors (Lipinski definition) is 1. The Labute approximate surface area is 167 Å². The second kappa shape index (κ2) is 7.30. The lowest BCUT2D eigenvalue weighted by Crippen LogP contribution is -2.27. The third kappa shape index (κ3) is 3.07. The standard InChI is InChI=1S/C21H19N5O3/c1-24-15-6-3-4-7-16(15)25(2)21(24)14(12-22)17(27)13-26-10-9-23-20(26)19(28)18-8-5-11-29-18/h3-11,19,28H,13H2,1-2H3/t19-/m1/s1. The fraction of sp³-hybridized carbons (Fsp3) is 0.190. The van der Waals surface area contributed by atoms with Gasteiger partial charge in [-0.25, -0.2) is 4.98 Å². The van der Waals surface area contributed by atoms with Crippen LogP contribution < -0.4 is 9.80 Å². The number of furan rings is 1. The van der Waals surface area contributed by atoms with Gasteiger partial charge in [-0.3, -0.25) is 4.79 Å². The quantitative estimate of drug-likeness (QED) is 0.529. The summed E-state index contributed by atoms with van der Waals surface area (Å²) in [6.07, 6.45) is 3.44. The third-order valence-electron chi connectivity index (χ3n) is 4.97. The number of anilines is 2. The van der Waals surface area contributed by atoms with Gasteiger partial charge in [0, 0.05) is 26.5 Å². The van der Waals surface area contributed by atoms with Crippen LogP contribution in [0.5, 0.6) is 0 Å². The molecule has 0 radical (unpaired) electrons. The average molecular weight is 389 g/mol. The summed E-state index contributed by atoms with van der Waals surface area (Å²) in [5.41, 5.74) is 1.88. The molecule has 29 heavy (non-hydrogen) atoms. The van der Waals surface area contributed by atoms with Crippen molar-refractivity contribution in [2.24, 2.45) is 0 Å². The van der Waals surface area contributed by atoms with Gasteiger partial charge in [0.1, 0.15) is 29.0 Å². The predicted molar refractivity (Wildman–Crippen MR) is 106 cm³/mol. The molecular weight excluding hydrogens is 370 g/mol. The van der Waals surface area contributed by atoms with E-state index in [4.69, 9.17) is 4.42 Å². The van der Waals surface area contributed by atoms with Crippen molar-refractivity contribution in [2.75, 3.05) is 23.9 Å². The Bertz CT molecular complexity index is 1090. The van der Waals surface area contributed by atoms with Crippen LogP contribution in [0.25, 0.3) is 0 Å². The van der Waals surface area contributed by atoms with Gasteiger partial charge in [-0.05, 0) is 24.3 Å². The number of hydrogen-bond acceptors (Lipinski definition) is 7. The molecule has 0 spiro atoms. The van der Waals surface area contributed by atoms with Gasteiger partial charge >= 0.3 is 0 Å². The van der Waals surface area contributed by atoms with Crippen LogP contribution >= 0.6 is 0 Å². The fourth-order valence-corrected chi connectivity index (χ4v) is 3.57. The number of carbonyl (C=O) groups excluding carboxylic acids is 1. The van der Waals surface area contributed by atoms with E-state index in [-0.39, 0.29) is 23.7 Å². The van der Waals surface area contributed by atoms with E-state index < -0.39 is 6.10 Å². The molecule has 8 heteroatoms. The molecule has 0 amide bonds. The molecule has 0 fully saturated rings. The first kappa shape index (κ1) is 18.5. The normalized spacial score (nSPS) is 13.9. The van der Waals surface area contributed by atoms with Crippen LogP contribution in [0.1, 0.15) is 17.7 Å². The lowest BCUT2D eigenvalue weighted by Gasteiger charge is -2.20. The van der Waals surface area contributed by atoms with E-state index in [1.807, 2.05) is 48.2 Å². The summed E-state index contributed by atoms with van der Waals surface area (Å²) in [6.45, 7) is -0.127. The lowest BCUT2D eigenvalue weighted by molar-refractivity contribution is -0.115. The van der Waals surface area contributed by atoms with Crippen molar-refractivity contribution in [3.8, 4) is 6.07 Å². The Hall–Kier alpha value is -3.83. The number of carbonyl (C=O) groups is 1. The van der Waals surface area contributed by atoms with Crippen LogP contribution in [0.3, 0.4) is 0 Å². The highest BCUT2D eigenvalue weighted by atomic mass is 16.4. The SMILES string of the molecule is CN1C(=C(C#N)C(=O)Cn2ccnc2[C@H](O)c2ccco2)N(C)c2ccccc21. The highest BCUT2D eigenvalue weighted by Crippen LogP contribution is 2.40. The molecule has 4 rings (SSSR count). The number of aromatic nitrogens is 2. The van der Waals surface area contributed by atoms with Crippen LogP contribution in [-0.4, -0.2) is 34.5 Å². The number of rotatable bonds is 5. The molecular formula is C21H19N5O3. The first-order valence-corrected chi connectivity index (χ1v) is 8.99. The molecule has 3 aromatic rings. The monoisotopic (exact) mass is 389 g/mol. The Morgan fingerprint density at radius 2 is 1.90 bits per heavy atom. The van der Waals surface area contributed by atoms with Crippen molar-refractivity contribution >= 4 is 17.2 Å². The number of fused-ring (bicyclic) bond motifs is 1. The molecule has 1 aromatic carbocycles. The van der Waals surface area contributed by atoms with E-state index >= 15 is 0 Å². The average Bonchev–Trinajstić information content (AvgIpc) is 3.46. The molecule has 1 atom stereocenters. The summed E-state index contributed by atoms with van der Waals surface area (Å²) in [6, 6.07) is 13.1. The van der Waals surface area contributed by atoms with E-state index in [1.165, 1.54) is 17.0 Å². The first-order chi connectivity index (χ1) is 14.0. The lowest BCUT2D eigenvalue weighted by atomic mass is 10.1. The van der Waals surface area contributed by atoms with Crippen molar-refractivity contribution < 1.29 is 14.3 Å². The molecule has 3 heterocycles. The molecule has 0 bridgehead atoms. The number of ketones is 1. The van der Waals surface area contributed by atoms with Crippen LogP contribution in [0.2, 0.25) is 0 Å². The molecule has 0 unspecified atom stereocenters. The third-order valence-corrected chi connectivity index (χ3v) is 4.97. The number of aliphatic hydroxyl groups is 1. The number of aliphatic hydroxyl groups excluding tert-OH is 1. The van der Waals surface area contributed by atoms with E-state index in [2.05, 4.69) is 11.1 Å². The Morgan fingerprint density at radius 3 is 2.48 bits per heavy atom. The smallest absolute Gasteiger partial charge is 0.196 e. The number of Topliss-reactive ketones (excluding diaryl/α,β-unsaturated/α-hetero) is 1. The molecule has 0 aliphatic carbocycles. The first-order valence-electron chi connectivity index (χ1n) is 8.99. The number of nitrogens with zero attached hydrogens (tertiary/aromatic N) is 5. The van der Waals surface area contributed by atoms with Gasteiger partial charge in [0.05, 0.1) is 24.2 Å². The molecule has 1 N–H and O–H groups in total. The predicted octanol–water partition coefficient (Wildman–Crippen LogP) is 2.45. The molecule has 1 aliphatic heterocycles. The molecule has 1 aliphatic rings. The molecule has 0 saturated carbocycles. The van der Waals surface area contributed by atoms with Crippen molar-refractivity contribution in [2.45, 2.75) is 12.6 Å². The minimum absolute atomic E-state index is 0.0401. The number of benzene rings is 1. The van der Waals surface area contributed by atoms with Crippen LogP contribution in [0.15, 0.2) is 70.9 Å². The van der Waals surface area contributed by atoms with Gasteiger partial charge < -0.3 is 23.9 Å². The number of imidazole rings is 1. The van der Waals surface area contributed by atoms with Gasteiger partial charge in [-0.2, -0.15) is 5.26 Å². The maximum Gasteiger partial charge on any atom is 0.196 e. The van der Waals surface area contributed by atoms with Gasteiger partial charge in [0.15, 0.2) is 11.9 Å². The largest absolute Gasteiger partial charge is 0.466 e. The summed E-state index contributed by atoms with van der Waals surface area (Å²) >= 11 is 0. The number of nitriles is 1. The molecule has 0 saturated heterocycles. The van der Waals surface area contributed by atoms with Crippen molar-refractivity contribution in [1.29, 1.82) is 5.26 Å². The minimum atomic E-state index is -1.10. The second-order valence-corrected chi connectivity index (χ2v) is 6.67. The topological polar surface area (TPSA) is 98.5 Å². The summed E-state index contributed by atoms with van der Waals surface area (Å²) in [4.78, 5) is 20.9. The second-order valence-electron chi connectivity index (χ2n) is 6.67. The van der Waals surface area contributed by atoms with Crippen LogP contribution in [0.4, 0.5) is 11.4 Å². The number of para-hydroxylation sites is 2. The highest BCUT2D eigenvalue weighted by molar-refractivity contribution is 6.02. The highest BCUT2D eigenvalue weighted by Gasteiger charge is 2.31. The van der Waals surface area contributed by atoms with Crippen LogP contribution in [-0.2, 0) is 11.3 Å². The Morgan fingerprint density at radius 1 is 1.21 bits per heavy atom. The summed E-state index contributed by atoms with van der Waals surface area (Å²) in [5.74, 6) is 0.744. The van der Waals surface area contributed by atoms with Gasteiger partial charge in [-0.1, -0.05) is 12.1 Å². The van der Waals surface area contributed by atoms with Crippen molar-refractivity contribution in [1.82, 2.24) is 9.55 Å². The van der Waals surface area contributed by atoms with Gasteiger partial charge in [-0.15, -0.1) is 0 Å². The zero-order chi connectivity index (χ0) is 20.5. The Balaban J connectivity index is 1.65. The van der Waals surface area contributed by atoms with E-state index in [1.54, 1.807) is 18.3 Å². The van der Waals surface area contributed by atoms with E-state index in [0.717, 1.165) is 11.4 Å². The zero-order valence-corrected chi connectivity index (χ0v) is 16.0. The zero-order valence-electron chi connectivity index (χ0n) is 16.0. The Kier molecular flexibility index (Phi) is 4.66. The summed E-state index contributed by atoms with van der Waals surface area (Å²) < 4.78 is 6.75. The van der Waals surface area contributed by atoms with Crippen molar-refractivity contribution in [3.05, 3.63) is 78.0 Å². The van der Waals surface area contributed by atoms with Crippen LogP contribution in [0, 0.1) is 11.3 Å². The van der Waals surface area contributed by atoms with E-state index in [0.29, 0.717) is 11.6 Å². The minimum Gasteiger partial charge on any atom is -0.466 e. The summed E-state index contributed by atoms with van der Waals surface area (Å²) in [7, 11) is 3.65. The molecule has 146 valence electrons. The number of allylic oxidation sites excluding steroid dienone is 1. The fourth-order valence-electron chi connectivity index (χ4n) is 3.57. The maximum atomic E-state index is 13.0. The summed E-state index contributed by atoms with van der Waals surface area (Å²) in [5, 5.41) is 20.2. The maximum absolute atomic E-state index is 13.0. The van der Waals surface area contributed by atoms with Gasteiger partial charge in [0.25, 0.3) is 0 Å². The molecule has 8 nitrogen and oxygen atoms in total. The van der Waals surface area contributed by atoms with E-state index in [9.17, 15) is 15.2 Å². The van der Waals surface area contributed by atoms with Gasteiger partial charge in [0.2, 0.25) is 0 Å². The van der Waals surface area contributed by atoms with Crippen molar-refractivity contribution in [3.63, 3.8) is 0 Å². The molecule has 2 aromatic heterocycles.